The molecule has 1 fully saturated rings. The van der Waals surface area contributed by atoms with Crippen LogP contribution in [0.3, 0.4) is 0 Å². The maximum absolute atomic E-state index is 4.72. The lowest BCUT2D eigenvalue weighted by Crippen LogP contribution is -2.02. The van der Waals surface area contributed by atoms with E-state index in [-0.39, 0.29) is 0 Å². The van der Waals surface area contributed by atoms with Crippen molar-refractivity contribution in [1.82, 2.24) is 19.5 Å². The smallest absolute Gasteiger partial charge is 0.143 e. The average molecular weight is 343 g/mol. The summed E-state index contributed by atoms with van der Waals surface area (Å²) in [6, 6.07) is 6.24. The summed E-state index contributed by atoms with van der Waals surface area (Å²) in [7, 11) is 0. The fraction of sp³-hybridized carbons (Fsp3) is 0.312. The van der Waals surface area contributed by atoms with Crippen LogP contribution in [0.4, 0.5) is 0 Å². The molecule has 5 heteroatoms. The fourth-order valence-electron chi connectivity index (χ4n) is 2.52. The quantitative estimate of drug-likeness (QED) is 0.659. The van der Waals surface area contributed by atoms with Crippen molar-refractivity contribution in [1.29, 1.82) is 0 Å². The van der Waals surface area contributed by atoms with Gasteiger partial charge in [-0.3, -0.25) is 4.57 Å². The summed E-state index contributed by atoms with van der Waals surface area (Å²) >= 11 is 3.50. The van der Waals surface area contributed by atoms with Crippen molar-refractivity contribution < 1.29 is 0 Å². The van der Waals surface area contributed by atoms with Crippen LogP contribution in [-0.4, -0.2) is 19.5 Å². The Morgan fingerprint density at radius 1 is 1.10 bits per heavy atom. The van der Waals surface area contributed by atoms with Gasteiger partial charge in [0.25, 0.3) is 0 Å². The van der Waals surface area contributed by atoms with Gasteiger partial charge in [-0.05, 0) is 65.9 Å². The predicted molar refractivity (Wildman–Crippen MR) is 85.8 cm³/mol. The molecule has 0 bridgehead atoms. The summed E-state index contributed by atoms with van der Waals surface area (Å²) < 4.78 is 2.88. The summed E-state index contributed by atoms with van der Waals surface area (Å²) in [6.07, 6.45) is 4.23. The highest BCUT2D eigenvalue weighted by Gasteiger charge is 2.27. The Morgan fingerprint density at radius 2 is 1.86 bits per heavy atom. The molecule has 4 nitrogen and oxygen atoms in total. The van der Waals surface area contributed by atoms with Crippen LogP contribution in [0.1, 0.15) is 35.7 Å². The van der Waals surface area contributed by atoms with Crippen molar-refractivity contribution >= 4 is 27.0 Å². The molecule has 0 spiro atoms. The van der Waals surface area contributed by atoms with Crippen molar-refractivity contribution in [2.24, 2.45) is 0 Å². The van der Waals surface area contributed by atoms with E-state index >= 15 is 0 Å². The minimum atomic E-state index is 0.528. The second kappa shape index (κ2) is 4.63. The van der Waals surface area contributed by atoms with Crippen LogP contribution in [0.15, 0.2) is 29.1 Å². The van der Waals surface area contributed by atoms with Gasteiger partial charge in [0.05, 0.1) is 11.0 Å². The number of imidazole rings is 1. The molecule has 2 aromatic heterocycles. The first-order chi connectivity index (χ1) is 10.1. The van der Waals surface area contributed by atoms with Crippen LogP contribution in [-0.2, 0) is 0 Å². The Morgan fingerprint density at radius 3 is 2.62 bits per heavy atom. The zero-order chi connectivity index (χ0) is 14.6. The number of nitrogens with zero attached hydrogens (tertiary/aromatic N) is 4. The van der Waals surface area contributed by atoms with E-state index in [0.29, 0.717) is 5.92 Å². The van der Waals surface area contributed by atoms with Crippen LogP contribution in [0.2, 0.25) is 0 Å². The van der Waals surface area contributed by atoms with Crippen molar-refractivity contribution in [3.63, 3.8) is 0 Å². The highest BCUT2D eigenvalue weighted by atomic mass is 79.9. The lowest BCUT2D eigenvalue weighted by atomic mass is 10.1. The molecule has 1 aliphatic carbocycles. The van der Waals surface area contributed by atoms with Crippen LogP contribution >= 0.6 is 15.9 Å². The molecular formula is C16H15BrN4. The van der Waals surface area contributed by atoms with Crippen molar-refractivity contribution in [2.75, 3.05) is 0 Å². The number of halogens is 1. The highest BCUT2D eigenvalue weighted by Crippen LogP contribution is 2.38. The van der Waals surface area contributed by atoms with Crippen LogP contribution in [0.5, 0.6) is 0 Å². The number of rotatable bonds is 2. The first kappa shape index (κ1) is 13.0. The molecule has 0 aliphatic heterocycles. The summed E-state index contributed by atoms with van der Waals surface area (Å²) in [5.41, 5.74) is 4.61. The molecule has 1 saturated carbocycles. The molecule has 3 aromatic rings. The van der Waals surface area contributed by atoms with Gasteiger partial charge >= 0.3 is 0 Å². The summed E-state index contributed by atoms with van der Waals surface area (Å²) in [6.45, 7) is 4.23. The third-order valence-electron chi connectivity index (χ3n) is 4.05. The van der Waals surface area contributed by atoms with E-state index in [1.165, 1.54) is 24.0 Å². The molecule has 21 heavy (non-hydrogen) atoms. The minimum Gasteiger partial charge on any atom is -0.283 e. The topological polar surface area (TPSA) is 43.6 Å². The number of aromatic nitrogens is 4. The third-order valence-corrected chi connectivity index (χ3v) is 4.46. The van der Waals surface area contributed by atoms with Gasteiger partial charge in [-0.1, -0.05) is 0 Å². The van der Waals surface area contributed by atoms with Crippen molar-refractivity contribution in [3.05, 3.63) is 46.1 Å². The Hall–Kier alpha value is -1.75. The van der Waals surface area contributed by atoms with Gasteiger partial charge in [-0.15, -0.1) is 0 Å². The van der Waals surface area contributed by atoms with E-state index in [1.54, 1.807) is 0 Å². The van der Waals surface area contributed by atoms with Crippen molar-refractivity contribution in [3.8, 4) is 5.82 Å². The molecule has 0 amide bonds. The molecule has 0 N–H and O–H groups in total. The minimum absolute atomic E-state index is 0.528. The van der Waals surface area contributed by atoms with Gasteiger partial charge < -0.3 is 0 Å². The first-order valence-corrected chi connectivity index (χ1v) is 7.90. The number of fused-ring (bicyclic) bond motifs is 1. The Kier molecular flexibility index (Phi) is 2.85. The standard InChI is InChI=1S/C16H15BrN4/c1-9-5-12-13(6-10(9)2)21(8-18-12)15-7-14(17)19-16(20-15)11-3-4-11/h5-8,11H,3-4H2,1-2H3. The fourth-order valence-corrected chi connectivity index (χ4v) is 2.90. The molecule has 1 aromatic carbocycles. The molecular weight excluding hydrogens is 328 g/mol. The second-order valence-electron chi connectivity index (χ2n) is 5.72. The summed E-state index contributed by atoms with van der Waals surface area (Å²) in [4.78, 5) is 13.7. The summed E-state index contributed by atoms with van der Waals surface area (Å²) in [5.74, 6) is 2.34. The number of hydrogen-bond donors (Lipinski definition) is 0. The van der Waals surface area contributed by atoms with Gasteiger partial charge in [0, 0.05) is 12.0 Å². The van der Waals surface area contributed by atoms with E-state index < -0.39 is 0 Å². The van der Waals surface area contributed by atoms with Crippen molar-refractivity contribution in [2.45, 2.75) is 32.6 Å². The number of aryl methyl sites for hydroxylation is 2. The zero-order valence-electron chi connectivity index (χ0n) is 12.0. The molecule has 106 valence electrons. The van der Waals surface area contributed by atoms with Gasteiger partial charge in [0.1, 0.15) is 22.6 Å². The Labute approximate surface area is 131 Å². The molecule has 0 atom stereocenters. The number of benzene rings is 1. The molecule has 0 unspecified atom stereocenters. The van der Waals surface area contributed by atoms with Gasteiger partial charge in [0.2, 0.25) is 0 Å². The second-order valence-corrected chi connectivity index (χ2v) is 6.53. The Balaban J connectivity index is 1.91. The molecule has 2 heterocycles. The van der Waals surface area contributed by atoms with Gasteiger partial charge in [0.15, 0.2) is 0 Å². The third kappa shape index (κ3) is 2.25. The first-order valence-electron chi connectivity index (χ1n) is 7.11. The molecule has 0 radical (unpaired) electrons. The normalized spacial score (nSPS) is 14.8. The van der Waals surface area contributed by atoms with E-state index in [9.17, 15) is 0 Å². The monoisotopic (exact) mass is 342 g/mol. The Bertz CT molecular complexity index is 849. The van der Waals surface area contributed by atoms with Gasteiger partial charge in [-0.2, -0.15) is 0 Å². The SMILES string of the molecule is Cc1cc2ncn(-c3cc(Br)nc(C4CC4)n3)c2cc1C. The summed E-state index contributed by atoms with van der Waals surface area (Å²) in [5, 5.41) is 0. The van der Waals surface area contributed by atoms with Crippen LogP contribution in [0, 0.1) is 13.8 Å². The maximum atomic E-state index is 4.72. The zero-order valence-corrected chi connectivity index (χ0v) is 13.6. The molecule has 4 rings (SSSR count). The average Bonchev–Trinajstić information content (AvgIpc) is 3.22. The molecule has 0 saturated heterocycles. The predicted octanol–water partition coefficient (Wildman–Crippen LogP) is 4.07. The van der Waals surface area contributed by atoms with Gasteiger partial charge in [-0.25, -0.2) is 15.0 Å². The van der Waals surface area contributed by atoms with E-state index in [1.807, 2.05) is 17.0 Å². The lowest BCUT2D eigenvalue weighted by Gasteiger charge is -2.07. The number of hydrogen-bond acceptors (Lipinski definition) is 3. The van der Waals surface area contributed by atoms with E-state index in [2.05, 4.69) is 51.9 Å². The van der Waals surface area contributed by atoms with E-state index in [0.717, 1.165) is 27.3 Å². The largest absolute Gasteiger partial charge is 0.283 e. The lowest BCUT2D eigenvalue weighted by molar-refractivity contribution is 0.877. The highest BCUT2D eigenvalue weighted by molar-refractivity contribution is 9.10. The molecule has 1 aliphatic rings. The van der Waals surface area contributed by atoms with Crippen LogP contribution in [0.25, 0.3) is 16.9 Å². The maximum Gasteiger partial charge on any atom is 0.143 e. The van der Waals surface area contributed by atoms with E-state index in [4.69, 9.17) is 4.98 Å². The van der Waals surface area contributed by atoms with Crippen LogP contribution < -0.4 is 0 Å².